The number of nitrogens with zero attached hydrogens (tertiary/aromatic N) is 1. The van der Waals surface area contributed by atoms with Gasteiger partial charge in [0.25, 0.3) is 11.8 Å². The van der Waals surface area contributed by atoms with Crippen LogP contribution in [-0.4, -0.2) is 23.0 Å². The monoisotopic (exact) mass is 370 g/mol. The SMILES string of the molecule is Cc1ccc(N2C(=O)NC(=O)/C(=C\c3ccc(O)c(Cl)c3)C2=O)cc1C. The number of barbiturate groups is 1. The molecular weight excluding hydrogens is 356 g/mol. The summed E-state index contributed by atoms with van der Waals surface area (Å²) in [5.74, 6) is -1.63. The number of benzene rings is 2. The van der Waals surface area contributed by atoms with E-state index in [0.29, 0.717) is 11.3 Å². The van der Waals surface area contributed by atoms with Gasteiger partial charge in [-0.15, -0.1) is 0 Å². The fourth-order valence-corrected chi connectivity index (χ4v) is 2.73. The van der Waals surface area contributed by atoms with Crippen LogP contribution in [0.1, 0.15) is 16.7 Å². The van der Waals surface area contributed by atoms with Gasteiger partial charge >= 0.3 is 6.03 Å². The van der Waals surface area contributed by atoms with Gasteiger partial charge < -0.3 is 5.11 Å². The highest BCUT2D eigenvalue weighted by Crippen LogP contribution is 2.27. The highest BCUT2D eigenvalue weighted by atomic mass is 35.5. The molecule has 6 nitrogen and oxygen atoms in total. The summed E-state index contributed by atoms with van der Waals surface area (Å²) in [5, 5.41) is 11.7. The third kappa shape index (κ3) is 3.19. The number of aromatic hydroxyl groups is 1. The molecule has 3 rings (SSSR count). The number of imide groups is 2. The number of nitrogens with one attached hydrogen (secondary N) is 1. The van der Waals surface area contributed by atoms with Crippen molar-refractivity contribution in [3.8, 4) is 5.75 Å². The molecule has 0 aliphatic carbocycles. The van der Waals surface area contributed by atoms with E-state index in [0.717, 1.165) is 16.0 Å². The minimum Gasteiger partial charge on any atom is -0.506 e. The Morgan fingerprint density at radius 3 is 2.42 bits per heavy atom. The van der Waals surface area contributed by atoms with E-state index < -0.39 is 17.8 Å². The van der Waals surface area contributed by atoms with Crippen LogP contribution in [-0.2, 0) is 9.59 Å². The molecule has 0 aromatic heterocycles. The van der Waals surface area contributed by atoms with Gasteiger partial charge in [0.1, 0.15) is 11.3 Å². The van der Waals surface area contributed by atoms with Crippen molar-refractivity contribution in [3.05, 3.63) is 63.7 Å². The van der Waals surface area contributed by atoms with Crippen LogP contribution in [0.15, 0.2) is 42.0 Å². The molecule has 1 aliphatic rings. The van der Waals surface area contributed by atoms with Gasteiger partial charge in [0.2, 0.25) is 0 Å². The minimum atomic E-state index is -0.802. The molecule has 4 amide bonds. The van der Waals surface area contributed by atoms with Crippen LogP contribution in [0.2, 0.25) is 5.02 Å². The van der Waals surface area contributed by atoms with Gasteiger partial charge in [-0.2, -0.15) is 0 Å². The second-order valence-corrected chi connectivity index (χ2v) is 6.34. The number of carbonyl (C=O) groups excluding carboxylic acids is 3. The summed E-state index contributed by atoms with van der Waals surface area (Å²) in [6.07, 6.45) is 1.32. The van der Waals surface area contributed by atoms with E-state index in [1.54, 1.807) is 18.2 Å². The summed E-state index contributed by atoms with van der Waals surface area (Å²) in [4.78, 5) is 38.1. The Bertz CT molecular complexity index is 981. The molecule has 0 saturated carbocycles. The molecule has 1 heterocycles. The Hall–Kier alpha value is -3.12. The summed E-state index contributed by atoms with van der Waals surface area (Å²) in [7, 11) is 0. The summed E-state index contributed by atoms with van der Waals surface area (Å²) >= 11 is 5.85. The van der Waals surface area contributed by atoms with Crippen molar-refractivity contribution in [3.63, 3.8) is 0 Å². The van der Waals surface area contributed by atoms with Crippen molar-refractivity contribution >= 4 is 41.2 Å². The third-order valence-corrected chi connectivity index (χ3v) is 4.44. The lowest BCUT2D eigenvalue weighted by Gasteiger charge is -2.26. The normalized spacial score (nSPS) is 16.2. The molecule has 1 saturated heterocycles. The molecule has 1 fully saturated rings. The van der Waals surface area contributed by atoms with Crippen LogP contribution in [0.25, 0.3) is 6.08 Å². The number of anilines is 1. The number of hydrogen-bond acceptors (Lipinski definition) is 4. The molecule has 1 aliphatic heterocycles. The van der Waals surface area contributed by atoms with E-state index in [2.05, 4.69) is 5.32 Å². The van der Waals surface area contributed by atoms with Crippen LogP contribution in [0.4, 0.5) is 10.5 Å². The first-order chi connectivity index (χ1) is 12.3. The predicted octanol–water partition coefficient (Wildman–Crippen LogP) is 3.33. The molecule has 132 valence electrons. The Kier molecular flexibility index (Phi) is 4.52. The topological polar surface area (TPSA) is 86.7 Å². The molecule has 2 aromatic carbocycles. The van der Waals surface area contributed by atoms with Crippen molar-refractivity contribution in [2.24, 2.45) is 0 Å². The number of aryl methyl sites for hydroxylation is 2. The second-order valence-electron chi connectivity index (χ2n) is 5.94. The molecule has 2 aromatic rings. The number of halogens is 1. The molecular formula is C19H15ClN2O4. The van der Waals surface area contributed by atoms with Gasteiger partial charge in [0.05, 0.1) is 10.7 Å². The van der Waals surface area contributed by atoms with Gasteiger partial charge in [0, 0.05) is 0 Å². The van der Waals surface area contributed by atoms with Crippen molar-refractivity contribution in [1.29, 1.82) is 0 Å². The van der Waals surface area contributed by atoms with E-state index in [4.69, 9.17) is 11.6 Å². The largest absolute Gasteiger partial charge is 0.506 e. The molecule has 26 heavy (non-hydrogen) atoms. The van der Waals surface area contributed by atoms with Crippen LogP contribution >= 0.6 is 11.6 Å². The average Bonchev–Trinajstić information content (AvgIpc) is 2.57. The molecule has 0 bridgehead atoms. The summed E-state index contributed by atoms with van der Waals surface area (Å²) in [6, 6.07) is 8.62. The third-order valence-electron chi connectivity index (χ3n) is 4.13. The Labute approximate surface area is 154 Å². The lowest BCUT2D eigenvalue weighted by atomic mass is 10.1. The van der Waals surface area contributed by atoms with Crippen LogP contribution < -0.4 is 10.2 Å². The fraction of sp³-hybridized carbons (Fsp3) is 0.105. The minimum absolute atomic E-state index is 0.0881. The fourth-order valence-electron chi connectivity index (χ4n) is 2.54. The zero-order valence-corrected chi connectivity index (χ0v) is 14.8. The van der Waals surface area contributed by atoms with Crippen molar-refractivity contribution in [2.45, 2.75) is 13.8 Å². The molecule has 7 heteroatoms. The van der Waals surface area contributed by atoms with E-state index in [1.165, 1.54) is 24.3 Å². The highest BCUT2D eigenvalue weighted by Gasteiger charge is 2.36. The number of urea groups is 1. The van der Waals surface area contributed by atoms with Gasteiger partial charge in [-0.3, -0.25) is 14.9 Å². The van der Waals surface area contributed by atoms with Crippen molar-refractivity contribution in [2.75, 3.05) is 4.90 Å². The zero-order valence-electron chi connectivity index (χ0n) is 14.0. The molecule has 0 spiro atoms. The number of amides is 4. The zero-order chi connectivity index (χ0) is 19.0. The predicted molar refractivity (Wildman–Crippen MR) is 98.0 cm³/mol. The standard InChI is InChI=1S/C19H15ClN2O4/c1-10-3-5-13(7-11(10)2)22-18(25)14(17(24)21-19(22)26)8-12-4-6-16(23)15(20)9-12/h3-9,23H,1-2H3,(H,21,24,26)/b14-8+. The Balaban J connectivity index is 2.03. The lowest BCUT2D eigenvalue weighted by molar-refractivity contribution is -0.122. The van der Waals surface area contributed by atoms with E-state index in [9.17, 15) is 19.5 Å². The van der Waals surface area contributed by atoms with Crippen LogP contribution in [0, 0.1) is 13.8 Å². The van der Waals surface area contributed by atoms with E-state index in [-0.39, 0.29) is 16.3 Å². The maximum Gasteiger partial charge on any atom is 0.335 e. The van der Waals surface area contributed by atoms with Gasteiger partial charge in [-0.05, 0) is 60.9 Å². The summed E-state index contributed by atoms with van der Waals surface area (Å²) in [6.45, 7) is 3.78. The van der Waals surface area contributed by atoms with E-state index in [1.807, 2.05) is 13.8 Å². The quantitative estimate of drug-likeness (QED) is 0.627. The van der Waals surface area contributed by atoms with Crippen molar-refractivity contribution < 1.29 is 19.5 Å². The Morgan fingerprint density at radius 2 is 1.77 bits per heavy atom. The summed E-state index contributed by atoms with van der Waals surface area (Å²) in [5.41, 5.74) is 2.54. The van der Waals surface area contributed by atoms with Gasteiger partial charge in [-0.1, -0.05) is 23.7 Å². The number of carbonyl (C=O) groups is 3. The van der Waals surface area contributed by atoms with Crippen LogP contribution in [0.3, 0.4) is 0 Å². The molecule has 0 atom stereocenters. The van der Waals surface area contributed by atoms with Gasteiger partial charge in [0.15, 0.2) is 0 Å². The highest BCUT2D eigenvalue weighted by molar-refractivity contribution is 6.39. The number of phenolic OH excluding ortho intramolecular Hbond substituents is 1. The van der Waals surface area contributed by atoms with E-state index >= 15 is 0 Å². The molecule has 2 N–H and O–H groups in total. The maximum atomic E-state index is 12.8. The maximum absolute atomic E-state index is 12.8. The number of hydrogen-bond donors (Lipinski definition) is 2. The summed E-state index contributed by atoms with van der Waals surface area (Å²) < 4.78 is 0. The second kappa shape index (κ2) is 6.65. The first kappa shape index (κ1) is 17.7. The number of phenols is 1. The first-order valence-electron chi connectivity index (χ1n) is 7.75. The Morgan fingerprint density at radius 1 is 1.04 bits per heavy atom. The molecule has 0 radical (unpaired) electrons. The average molecular weight is 371 g/mol. The first-order valence-corrected chi connectivity index (χ1v) is 8.13. The lowest BCUT2D eigenvalue weighted by Crippen LogP contribution is -2.54. The van der Waals surface area contributed by atoms with Crippen LogP contribution in [0.5, 0.6) is 5.75 Å². The number of rotatable bonds is 2. The smallest absolute Gasteiger partial charge is 0.335 e. The van der Waals surface area contributed by atoms with Crippen molar-refractivity contribution in [1.82, 2.24) is 5.32 Å². The van der Waals surface area contributed by atoms with Gasteiger partial charge in [-0.25, -0.2) is 9.69 Å². The molecule has 0 unspecified atom stereocenters.